The van der Waals surface area contributed by atoms with Gasteiger partial charge in [0.2, 0.25) is 12.7 Å². The molecule has 0 aliphatic heterocycles. The van der Waals surface area contributed by atoms with E-state index in [0.717, 1.165) is 19.6 Å². The summed E-state index contributed by atoms with van der Waals surface area (Å²) in [6.07, 6.45) is 22.5. The number of hydrogen-bond donors (Lipinski definition) is 0. The van der Waals surface area contributed by atoms with Crippen molar-refractivity contribution in [3.05, 3.63) is 37.4 Å². The first-order chi connectivity index (χ1) is 11.8. The number of imidazole rings is 2. The van der Waals surface area contributed by atoms with Crippen LogP contribution in [0.1, 0.15) is 71.8 Å². The molecule has 0 spiro atoms. The van der Waals surface area contributed by atoms with E-state index in [4.69, 9.17) is 0 Å². The van der Waals surface area contributed by atoms with Gasteiger partial charge in [-0.15, -0.1) is 0 Å². The minimum Gasteiger partial charge on any atom is -0.237 e. The molecule has 134 valence electrons. The maximum absolute atomic E-state index is 2.40. The number of aromatic nitrogens is 4. The Hall–Kier alpha value is -1.58. The first-order valence-corrected chi connectivity index (χ1v) is 9.88. The van der Waals surface area contributed by atoms with E-state index in [1.165, 1.54) is 44.9 Å². The normalized spacial score (nSPS) is 12.6. The quantitative estimate of drug-likeness (QED) is 0.414. The first-order valence-electron chi connectivity index (χ1n) is 9.88. The van der Waals surface area contributed by atoms with E-state index < -0.39 is 0 Å². The van der Waals surface area contributed by atoms with Crippen molar-refractivity contribution in [3.63, 3.8) is 0 Å². The van der Waals surface area contributed by atoms with Gasteiger partial charge in [-0.2, -0.15) is 0 Å². The van der Waals surface area contributed by atoms with E-state index in [9.17, 15) is 0 Å². The Bertz CT molecular complexity index is 570. The van der Waals surface area contributed by atoms with E-state index in [2.05, 4.69) is 76.5 Å². The van der Waals surface area contributed by atoms with Gasteiger partial charge in [0, 0.05) is 0 Å². The Morgan fingerprint density at radius 3 is 2.25 bits per heavy atom. The van der Waals surface area contributed by atoms with Gasteiger partial charge in [-0.05, 0) is 46.0 Å². The highest BCUT2D eigenvalue weighted by molar-refractivity contribution is 4.74. The molecule has 0 saturated carbocycles. The molecule has 24 heavy (non-hydrogen) atoms. The van der Waals surface area contributed by atoms with Gasteiger partial charge in [0.05, 0.1) is 19.6 Å². The SMILES string of the molecule is CCC(CCCCCCC[n+]1ccn(CC)c1)n1cc[n+](CC)c1. The molecule has 0 bridgehead atoms. The van der Waals surface area contributed by atoms with Crippen molar-refractivity contribution >= 4 is 0 Å². The smallest absolute Gasteiger partial charge is 0.237 e. The molecule has 0 fully saturated rings. The van der Waals surface area contributed by atoms with Crippen LogP contribution in [0.4, 0.5) is 0 Å². The Labute approximate surface area is 147 Å². The largest absolute Gasteiger partial charge is 0.243 e. The molecule has 2 aromatic rings. The minimum absolute atomic E-state index is 0.669. The van der Waals surface area contributed by atoms with Crippen LogP contribution < -0.4 is 9.13 Å². The van der Waals surface area contributed by atoms with Crippen molar-refractivity contribution in [1.29, 1.82) is 0 Å². The molecule has 0 saturated heterocycles. The first kappa shape index (κ1) is 18.8. The second-order valence-electron chi connectivity index (χ2n) is 6.79. The number of hydrogen-bond acceptors (Lipinski definition) is 0. The van der Waals surface area contributed by atoms with Crippen LogP contribution in [0.15, 0.2) is 37.4 Å². The number of rotatable bonds is 12. The molecule has 2 aromatic heterocycles. The average molecular weight is 333 g/mol. The molecule has 1 atom stereocenters. The molecule has 0 amide bonds. The van der Waals surface area contributed by atoms with Crippen LogP contribution in [0.5, 0.6) is 0 Å². The van der Waals surface area contributed by atoms with Crippen LogP contribution >= 0.6 is 0 Å². The molecule has 0 radical (unpaired) electrons. The fourth-order valence-electron chi connectivity index (χ4n) is 3.34. The van der Waals surface area contributed by atoms with Gasteiger partial charge < -0.3 is 0 Å². The second kappa shape index (κ2) is 10.3. The van der Waals surface area contributed by atoms with Crippen molar-refractivity contribution in [2.45, 2.75) is 91.4 Å². The average Bonchev–Trinajstić information content (AvgIpc) is 3.26. The fourth-order valence-corrected chi connectivity index (χ4v) is 3.34. The monoisotopic (exact) mass is 332 g/mol. The zero-order chi connectivity index (χ0) is 17.2. The van der Waals surface area contributed by atoms with Crippen LogP contribution in [0.25, 0.3) is 0 Å². The van der Waals surface area contributed by atoms with Gasteiger partial charge in [-0.3, -0.25) is 0 Å². The van der Waals surface area contributed by atoms with Crippen molar-refractivity contribution in [2.24, 2.45) is 0 Å². The molecule has 0 aromatic carbocycles. The zero-order valence-corrected chi connectivity index (χ0v) is 15.9. The van der Waals surface area contributed by atoms with E-state index in [1.54, 1.807) is 0 Å². The lowest BCUT2D eigenvalue weighted by atomic mass is 10.0. The predicted octanol–water partition coefficient (Wildman–Crippen LogP) is 3.90. The van der Waals surface area contributed by atoms with Gasteiger partial charge in [0.1, 0.15) is 30.8 Å². The summed E-state index contributed by atoms with van der Waals surface area (Å²) in [4.78, 5) is 0. The molecule has 1 unspecified atom stereocenters. The Kier molecular flexibility index (Phi) is 8.06. The number of nitrogens with zero attached hydrogens (tertiary/aromatic N) is 4. The lowest BCUT2D eigenvalue weighted by Gasteiger charge is -2.11. The Morgan fingerprint density at radius 2 is 1.58 bits per heavy atom. The predicted molar refractivity (Wildman–Crippen MR) is 97.6 cm³/mol. The molecule has 0 aliphatic rings. The summed E-state index contributed by atoms with van der Waals surface area (Å²) in [5, 5.41) is 0. The highest BCUT2D eigenvalue weighted by atomic mass is 15.1. The van der Waals surface area contributed by atoms with Crippen molar-refractivity contribution in [1.82, 2.24) is 9.13 Å². The standard InChI is InChI=1S/C20H36N4/c1-4-20(24-17-16-22(6-3)19-24)12-10-8-7-9-11-13-23-15-14-21(5-2)18-23/h14-20H,4-13H2,1-3H3/q+2. The van der Waals surface area contributed by atoms with Crippen LogP contribution in [-0.2, 0) is 19.6 Å². The van der Waals surface area contributed by atoms with Crippen molar-refractivity contribution in [3.8, 4) is 0 Å². The van der Waals surface area contributed by atoms with Crippen LogP contribution in [0.2, 0.25) is 0 Å². The lowest BCUT2D eigenvalue weighted by Crippen LogP contribution is -2.30. The third-order valence-corrected chi connectivity index (χ3v) is 5.04. The fraction of sp³-hybridized carbons (Fsp3) is 0.700. The van der Waals surface area contributed by atoms with E-state index in [0.29, 0.717) is 6.04 Å². The van der Waals surface area contributed by atoms with Gasteiger partial charge in [-0.1, -0.05) is 19.8 Å². The van der Waals surface area contributed by atoms with Gasteiger partial charge >= 0.3 is 0 Å². The third-order valence-electron chi connectivity index (χ3n) is 5.04. The molecule has 0 N–H and O–H groups in total. The van der Waals surface area contributed by atoms with Gasteiger partial charge in [0.25, 0.3) is 0 Å². The Morgan fingerprint density at radius 1 is 0.833 bits per heavy atom. The maximum atomic E-state index is 2.40. The summed E-state index contributed by atoms with van der Waals surface area (Å²) >= 11 is 0. The zero-order valence-electron chi connectivity index (χ0n) is 15.9. The van der Waals surface area contributed by atoms with Crippen molar-refractivity contribution < 1.29 is 9.13 Å². The maximum Gasteiger partial charge on any atom is 0.243 e. The summed E-state index contributed by atoms with van der Waals surface area (Å²) in [6.45, 7) is 9.96. The summed E-state index contributed by atoms with van der Waals surface area (Å²) in [6, 6.07) is 0.669. The summed E-state index contributed by atoms with van der Waals surface area (Å²) in [7, 11) is 0. The molecular weight excluding hydrogens is 296 g/mol. The summed E-state index contributed by atoms with van der Waals surface area (Å²) < 4.78 is 9.20. The van der Waals surface area contributed by atoms with Crippen LogP contribution in [0.3, 0.4) is 0 Å². The third kappa shape index (κ3) is 5.81. The minimum atomic E-state index is 0.669. The van der Waals surface area contributed by atoms with Crippen LogP contribution in [-0.4, -0.2) is 9.13 Å². The highest BCUT2D eigenvalue weighted by Crippen LogP contribution is 2.19. The topological polar surface area (TPSA) is 17.6 Å². The summed E-state index contributed by atoms with van der Waals surface area (Å²) in [5.41, 5.74) is 0. The van der Waals surface area contributed by atoms with E-state index in [-0.39, 0.29) is 0 Å². The lowest BCUT2D eigenvalue weighted by molar-refractivity contribution is -0.696. The van der Waals surface area contributed by atoms with Crippen molar-refractivity contribution in [2.75, 3.05) is 0 Å². The molecular formula is C20H36N4+2. The van der Waals surface area contributed by atoms with E-state index >= 15 is 0 Å². The Balaban J connectivity index is 1.56. The van der Waals surface area contributed by atoms with Crippen LogP contribution in [0, 0.1) is 0 Å². The highest BCUT2D eigenvalue weighted by Gasteiger charge is 2.14. The number of unbranched alkanes of at least 4 members (excludes halogenated alkanes) is 4. The molecule has 0 aliphatic carbocycles. The molecule has 2 rings (SSSR count). The van der Waals surface area contributed by atoms with E-state index in [1.807, 2.05) is 0 Å². The molecule has 4 heteroatoms. The second-order valence-corrected chi connectivity index (χ2v) is 6.79. The number of aryl methyl sites for hydroxylation is 3. The van der Waals surface area contributed by atoms with Gasteiger partial charge in [-0.25, -0.2) is 18.3 Å². The molecule has 2 heterocycles. The molecule has 4 nitrogen and oxygen atoms in total. The van der Waals surface area contributed by atoms with Gasteiger partial charge in [0.15, 0.2) is 0 Å². The summed E-state index contributed by atoms with van der Waals surface area (Å²) in [5.74, 6) is 0.